The highest BCUT2D eigenvalue weighted by Crippen LogP contribution is 2.30. The maximum absolute atomic E-state index is 6.39. The molecular formula is C14H24ClN3O2S. The third-order valence-corrected chi connectivity index (χ3v) is 4.77. The highest BCUT2D eigenvalue weighted by molar-refractivity contribution is 7.99. The number of rotatable bonds is 8. The lowest BCUT2D eigenvalue weighted by atomic mass is 10.1. The van der Waals surface area contributed by atoms with Crippen LogP contribution in [-0.2, 0) is 16.0 Å². The van der Waals surface area contributed by atoms with E-state index in [1.165, 1.54) is 0 Å². The van der Waals surface area contributed by atoms with Gasteiger partial charge in [0.05, 0.1) is 48.8 Å². The van der Waals surface area contributed by atoms with E-state index in [-0.39, 0.29) is 12.1 Å². The van der Waals surface area contributed by atoms with Crippen LogP contribution in [0.1, 0.15) is 25.1 Å². The smallest absolute Gasteiger partial charge is 0.0876 e. The van der Waals surface area contributed by atoms with Gasteiger partial charge in [-0.25, -0.2) is 0 Å². The summed E-state index contributed by atoms with van der Waals surface area (Å²) < 4.78 is 13.1. The second-order valence-corrected chi connectivity index (χ2v) is 6.57. The predicted octanol–water partition coefficient (Wildman–Crippen LogP) is 2.36. The molecule has 5 nitrogen and oxygen atoms in total. The SMILES string of the molecule is CCCNC(c1c(Cl)cnn1CCOC)C1CSCCO1. The molecule has 0 radical (unpaired) electrons. The minimum Gasteiger partial charge on any atom is -0.383 e. The van der Waals surface area contributed by atoms with Crippen LogP contribution in [0.15, 0.2) is 6.20 Å². The molecule has 1 aliphatic rings. The Bertz CT molecular complexity index is 424. The summed E-state index contributed by atoms with van der Waals surface area (Å²) in [5.41, 5.74) is 1.01. The van der Waals surface area contributed by atoms with Gasteiger partial charge >= 0.3 is 0 Å². The molecule has 0 aliphatic carbocycles. The van der Waals surface area contributed by atoms with Gasteiger partial charge in [0.1, 0.15) is 0 Å². The molecule has 2 heterocycles. The second-order valence-electron chi connectivity index (χ2n) is 5.01. The van der Waals surface area contributed by atoms with E-state index in [2.05, 4.69) is 17.3 Å². The Morgan fingerprint density at radius 2 is 2.52 bits per heavy atom. The fourth-order valence-corrected chi connectivity index (χ4v) is 3.60. The van der Waals surface area contributed by atoms with E-state index >= 15 is 0 Å². The minimum absolute atomic E-state index is 0.0737. The predicted molar refractivity (Wildman–Crippen MR) is 87.2 cm³/mol. The van der Waals surface area contributed by atoms with Gasteiger partial charge in [-0.3, -0.25) is 4.68 Å². The van der Waals surface area contributed by atoms with Gasteiger partial charge in [0.25, 0.3) is 0 Å². The zero-order chi connectivity index (χ0) is 15.1. The largest absolute Gasteiger partial charge is 0.383 e. The van der Waals surface area contributed by atoms with E-state index in [1.54, 1.807) is 13.3 Å². The highest BCUT2D eigenvalue weighted by atomic mass is 35.5. The second kappa shape index (κ2) is 9.00. The number of nitrogens with one attached hydrogen (secondary N) is 1. The number of halogens is 1. The summed E-state index contributed by atoms with van der Waals surface area (Å²) in [5.74, 6) is 2.04. The number of aromatic nitrogens is 2. The van der Waals surface area contributed by atoms with Crippen LogP contribution in [-0.4, -0.2) is 54.3 Å². The Hall–Kier alpha value is -0.270. The maximum Gasteiger partial charge on any atom is 0.0876 e. The molecule has 1 N–H and O–H groups in total. The highest BCUT2D eigenvalue weighted by Gasteiger charge is 2.30. The van der Waals surface area contributed by atoms with E-state index in [1.807, 2.05) is 16.4 Å². The molecule has 120 valence electrons. The number of nitrogens with zero attached hydrogens (tertiary/aromatic N) is 2. The fourth-order valence-electron chi connectivity index (χ4n) is 2.44. The third-order valence-electron chi connectivity index (χ3n) is 3.46. The van der Waals surface area contributed by atoms with Crippen molar-refractivity contribution in [2.45, 2.75) is 32.0 Å². The van der Waals surface area contributed by atoms with Crippen molar-refractivity contribution in [1.82, 2.24) is 15.1 Å². The molecule has 0 bridgehead atoms. The van der Waals surface area contributed by atoms with Gasteiger partial charge in [-0.15, -0.1) is 0 Å². The van der Waals surface area contributed by atoms with Crippen molar-refractivity contribution < 1.29 is 9.47 Å². The van der Waals surface area contributed by atoms with Gasteiger partial charge in [0.2, 0.25) is 0 Å². The monoisotopic (exact) mass is 333 g/mol. The Balaban J connectivity index is 2.19. The molecule has 0 amide bonds. The molecule has 7 heteroatoms. The first-order valence-electron chi connectivity index (χ1n) is 7.40. The van der Waals surface area contributed by atoms with Crippen LogP contribution in [0.25, 0.3) is 0 Å². The quantitative estimate of drug-likeness (QED) is 0.791. The summed E-state index contributed by atoms with van der Waals surface area (Å²) >= 11 is 8.32. The lowest BCUT2D eigenvalue weighted by Gasteiger charge is -2.31. The van der Waals surface area contributed by atoms with Crippen LogP contribution < -0.4 is 5.32 Å². The average molecular weight is 334 g/mol. The number of hydrogen-bond donors (Lipinski definition) is 1. The molecule has 2 atom stereocenters. The number of ether oxygens (including phenoxy) is 2. The summed E-state index contributed by atoms with van der Waals surface area (Å²) in [6, 6.07) is 0.0737. The van der Waals surface area contributed by atoms with E-state index in [4.69, 9.17) is 21.1 Å². The lowest BCUT2D eigenvalue weighted by Crippen LogP contribution is -2.40. The summed E-state index contributed by atoms with van der Waals surface area (Å²) in [6.45, 7) is 5.20. The van der Waals surface area contributed by atoms with Crippen LogP contribution >= 0.6 is 23.4 Å². The first-order valence-corrected chi connectivity index (χ1v) is 8.94. The third kappa shape index (κ3) is 4.60. The van der Waals surface area contributed by atoms with Crippen LogP contribution in [0.5, 0.6) is 0 Å². The van der Waals surface area contributed by atoms with Crippen molar-refractivity contribution >= 4 is 23.4 Å². The number of thioether (sulfide) groups is 1. The van der Waals surface area contributed by atoms with Gasteiger partial charge in [0, 0.05) is 18.6 Å². The molecule has 21 heavy (non-hydrogen) atoms. The Kier molecular flexibility index (Phi) is 7.33. The van der Waals surface area contributed by atoms with Gasteiger partial charge in [-0.05, 0) is 13.0 Å². The molecule has 0 aromatic carbocycles. The molecule has 2 unspecified atom stereocenters. The Labute approximate surface area is 135 Å². The van der Waals surface area contributed by atoms with Crippen molar-refractivity contribution in [1.29, 1.82) is 0 Å². The summed E-state index contributed by atoms with van der Waals surface area (Å²) in [7, 11) is 1.69. The van der Waals surface area contributed by atoms with Crippen molar-refractivity contribution in [3.63, 3.8) is 0 Å². The van der Waals surface area contributed by atoms with Gasteiger partial charge < -0.3 is 14.8 Å². The first-order chi connectivity index (χ1) is 10.3. The van der Waals surface area contributed by atoms with Crippen molar-refractivity contribution in [2.24, 2.45) is 0 Å². The average Bonchev–Trinajstić information content (AvgIpc) is 2.88. The van der Waals surface area contributed by atoms with Crippen LogP contribution in [0.4, 0.5) is 0 Å². The molecule has 0 spiro atoms. The van der Waals surface area contributed by atoms with Crippen LogP contribution in [0.2, 0.25) is 5.02 Å². The molecule has 2 rings (SSSR count). The molecular weight excluding hydrogens is 310 g/mol. The minimum atomic E-state index is 0.0737. The molecule has 0 saturated carbocycles. The summed E-state index contributed by atoms with van der Waals surface area (Å²) in [5, 5.41) is 8.65. The molecule has 1 aliphatic heterocycles. The normalized spacial score (nSPS) is 20.6. The van der Waals surface area contributed by atoms with Crippen LogP contribution in [0, 0.1) is 0 Å². The zero-order valence-corrected chi connectivity index (χ0v) is 14.3. The number of methoxy groups -OCH3 is 1. The maximum atomic E-state index is 6.39. The van der Waals surface area contributed by atoms with Crippen molar-refractivity contribution in [2.75, 3.05) is 38.4 Å². The summed E-state index contributed by atoms with van der Waals surface area (Å²) in [6.07, 6.45) is 2.91. The molecule has 1 aromatic rings. The van der Waals surface area contributed by atoms with Crippen LogP contribution in [0.3, 0.4) is 0 Å². The van der Waals surface area contributed by atoms with Gasteiger partial charge in [-0.1, -0.05) is 18.5 Å². The van der Waals surface area contributed by atoms with Crippen molar-refractivity contribution in [3.8, 4) is 0 Å². The Morgan fingerprint density at radius 1 is 1.67 bits per heavy atom. The number of hydrogen-bond acceptors (Lipinski definition) is 5. The van der Waals surface area contributed by atoms with E-state index in [0.29, 0.717) is 18.2 Å². The van der Waals surface area contributed by atoms with Crippen molar-refractivity contribution in [3.05, 3.63) is 16.9 Å². The fraction of sp³-hybridized carbons (Fsp3) is 0.786. The molecule has 1 saturated heterocycles. The molecule has 1 fully saturated rings. The van der Waals surface area contributed by atoms with Gasteiger partial charge in [0.15, 0.2) is 0 Å². The van der Waals surface area contributed by atoms with E-state index in [9.17, 15) is 0 Å². The topological polar surface area (TPSA) is 48.3 Å². The zero-order valence-electron chi connectivity index (χ0n) is 12.7. The standard InChI is InChI=1S/C14H24ClN3O2S/c1-3-4-16-13(12-10-21-8-7-20-12)14-11(15)9-17-18(14)5-6-19-2/h9,12-13,16H,3-8,10H2,1-2H3. The molecule has 1 aromatic heterocycles. The van der Waals surface area contributed by atoms with E-state index in [0.717, 1.165) is 36.8 Å². The summed E-state index contributed by atoms with van der Waals surface area (Å²) in [4.78, 5) is 0. The van der Waals surface area contributed by atoms with Gasteiger partial charge in [-0.2, -0.15) is 16.9 Å². The first kappa shape index (κ1) is 17.1. The van der Waals surface area contributed by atoms with E-state index < -0.39 is 0 Å². The lowest BCUT2D eigenvalue weighted by molar-refractivity contribution is 0.0440. The Morgan fingerprint density at radius 3 is 3.19 bits per heavy atom.